The summed E-state index contributed by atoms with van der Waals surface area (Å²) >= 11 is 0. The maximum atomic E-state index is 12.9. The van der Waals surface area contributed by atoms with E-state index in [9.17, 15) is 4.79 Å². The van der Waals surface area contributed by atoms with Crippen LogP contribution < -0.4 is 14.2 Å². The molecule has 1 heterocycles. The van der Waals surface area contributed by atoms with Crippen molar-refractivity contribution in [3.63, 3.8) is 0 Å². The first-order valence-corrected chi connectivity index (χ1v) is 11.2. The van der Waals surface area contributed by atoms with Crippen molar-refractivity contribution in [2.24, 2.45) is 0 Å². The summed E-state index contributed by atoms with van der Waals surface area (Å²) < 4.78 is 22.1. The molecule has 1 atom stereocenters. The first-order valence-electron chi connectivity index (χ1n) is 11.2. The Morgan fingerprint density at radius 1 is 1.00 bits per heavy atom. The lowest BCUT2D eigenvalue weighted by atomic mass is 10.1. The van der Waals surface area contributed by atoms with Crippen LogP contribution in [-0.2, 0) is 16.0 Å². The molecule has 1 fully saturated rings. The van der Waals surface area contributed by atoms with Crippen LogP contribution in [0.4, 0.5) is 0 Å². The quantitative estimate of drug-likeness (QED) is 0.486. The highest BCUT2D eigenvalue weighted by atomic mass is 16.5. The normalized spacial score (nSPS) is 15.1. The van der Waals surface area contributed by atoms with E-state index >= 15 is 0 Å². The van der Waals surface area contributed by atoms with Crippen LogP contribution in [0.15, 0.2) is 55.1 Å². The number of ether oxygens (including phenoxy) is 4. The Kier molecular flexibility index (Phi) is 9.15. The molecule has 7 heteroatoms. The molecule has 0 spiro atoms. The molecule has 178 valence electrons. The van der Waals surface area contributed by atoms with Crippen LogP contribution >= 0.6 is 0 Å². The van der Waals surface area contributed by atoms with Crippen LogP contribution in [0.3, 0.4) is 0 Å². The lowest BCUT2D eigenvalue weighted by molar-refractivity contribution is -0.132. The van der Waals surface area contributed by atoms with E-state index in [1.54, 1.807) is 27.4 Å². The highest BCUT2D eigenvalue weighted by Gasteiger charge is 2.24. The molecule has 0 bridgehead atoms. The summed E-state index contributed by atoms with van der Waals surface area (Å²) in [6.07, 6.45) is 2.01. The minimum absolute atomic E-state index is 0.0906. The van der Waals surface area contributed by atoms with E-state index in [4.69, 9.17) is 18.9 Å². The molecule has 0 aromatic heterocycles. The molecule has 0 radical (unpaired) electrons. The zero-order valence-corrected chi connectivity index (χ0v) is 19.8. The largest absolute Gasteiger partial charge is 0.497 e. The fourth-order valence-corrected chi connectivity index (χ4v) is 3.97. The van der Waals surface area contributed by atoms with Crippen molar-refractivity contribution in [2.75, 3.05) is 60.7 Å². The average Bonchev–Trinajstić information content (AvgIpc) is 2.86. The molecule has 2 aromatic rings. The van der Waals surface area contributed by atoms with Gasteiger partial charge in [0.05, 0.1) is 40.5 Å². The second-order valence-corrected chi connectivity index (χ2v) is 7.93. The first kappa shape index (κ1) is 24.6. The van der Waals surface area contributed by atoms with Gasteiger partial charge < -0.3 is 23.8 Å². The highest BCUT2D eigenvalue weighted by Crippen LogP contribution is 2.28. The number of benzene rings is 2. The van der Waals surface area contributed by atoms with Crippen molar-refractivity contribution in [2.45, 2.75) is 12.5 Å². The van der Waals surface area contributed by atoms with Crippen molar-refractivity contribution in [3.05, 3.63) is 66.2 Å². The fourth-order valence-electron chi connectivity index (χ4n) is 3.97. The van der Waals surface area contributed by atoms with Crippen LogP contribution in [0.2, 0.25) is 0 Å². The van der Waals surface area contributed by atoms with Gasteiger partial charge in [-0.05, 0) is 35.4 Å². The van der Waals surface area contributed by atoms with Gasteiger partial charge in [-0.2, -0.15) is 0 Å². The summed E-state index contributed by atoms with van der Waals surface area (Å²) in [4.78, 5) is 17.1. The Bertz CT molecular complexity index is 925. The van der Waals surface area contributed by atoms with Gasteiger partial charge in [0.25, 0.3) is 0 Å². The predicted octanol–water partition coefficient (Wildman–Crippen LogP) is 3.34. The van der Waals surface area contributed by atoms with Gasteiger partial charge in [-0.3, -0.25) is 9.69 Å². The lowest BCUT2D eigenvalue weighted by Gasteiger charge is -2.36. The predicted molar refractivity (Wildman–Crippen MR) is 128 cm³/mol. The molecular weight excluding hydrogens is 420 g/mol. The van der Waals surface area contributed by atoms with Gasteiger partial charge in [-0.1, -0.05) is 24.3 Å². The van der Waals surface area contributed by atoms with Gasteiger partial charge >= 0.3 is 0 Å². The van der Waals surface area contributed by atoms with Gasteiger partial charge in [-0.15, -0.1) is 6.58 Å². The molecule has 0 saturated carbocycles. The monoisotopic (exact) mass is 454 g/mol. The Labute approximate surface area is 196 Å². The van der Waals surface area contributed by atoms with E-state index in [2.05, 4.69) is 17.5 Å². The minimum Gasteiger partial charge on any atom is -0.497 e. The van der Waals surface area contributed by atoms with E-state index in [-0.39, 0.29) is 12.0 Å². The van der Waals surface area contributed by atoms with Gasteiger partial charge in [0.15, 0.2) is 11.5 Å². The summed E-state index contributed by atoms with van der Waals surface area (Å²) in [5.41, 5.74) is 1.99. The van der Waals surface area contributed by atoms with Crippen molar-refractivity contribution in [1.82, 2.24) is 9.80 Å². The van der Waals surface area contributed by atoms with Gasteiger partial charge in [0.1, 0.15) is 5.75 Å². The number of piperazine rings is 1. The SMILES string of the molecule is C=CCOC(CN1CCN(C(=O)Cc2ccc(OC)c(OC)c2)CC1)c1cccc(OC)c1. The maximum Gasteiger partial charge on any atom is 0.227 e. The van der Waals surface area contributed by atoms with E-state index in [1.807, 2.05) is 41.3 Å². The minimum atomic E-state index is -0.0906. The Morgan fingerprint density at radius 2 is 1.76 bits per heavy atom. The third-order valence-electron chi connectivity index (χ3n) is 5.83. The van der Waals surface area contributed by atoms with Gasteiger partial charge in [0.2, 0.25) is 5.91 Å². The van der Waals surface area contributed by atoms with E-state index in [1.165, 1.54) is 0 Å². The van der Waals surface area contributed by atoms with E-state index in [0.29, 0.717) is 37.6 Å². The third-order valence-corrected chi connectivity index (χ3v) is 5.83. The second-order valence-electron chi connectivity index (χ2n) is 7.93. The van der Waals surface area contributed by atoms with Crippen molar-refractivity contribution in [3.8, 4) is 17.2 Å². The molecule has 1 aliphatic heterocycles. The van der Waals surface area contributed by atoms with E-state index < -0.39 is 0 Å². The zero-order chi connectivity index (χ0) is 23.6. The Hall–Kier alpha value is -3.03. The molecule has 1 saturated heterocycles. The molecule has 1 unspecified atom stereocenters. The maximum absolute atomic E-state index is 12.9. The number of nitrogens with zero attached hydrogens (tertiary/aromatic N) is 2. The molecule has 0 N–H and O–H groups in total. The molecule has 0 aliphatic carbocycles. The standard InChI is InChI=1S/C26H34N2O5/c1-5-15-33-25(21-7-6-8-22(18-21)30-2)19-27-11-13-28(14-12-27)26(29)17-20-9-10-23(31-3)24(16-20)32-4/h5-10,16,18,25H,1,11-15,17,19H2,2-4H3. The first-order chi connectivity index (χ1) is 16.1. The lowest BCUT2D eigenvalue weighted by Crippen LogP contribution is -2.50. The molecule has 1 amide bonds. The van der Waals surface area contributed by atoms with E-state index in [0.717, 1.165) is 36.5 Å². The third kappa shape index (κ3) is 6.73. The van der Waals surface area contributed by atoms with Gasteiger partial charge in [0, 0.05) is 32.7 Å². The fraction of sp³-hybridized carbons (Fsp3) is 0.423. The highest BCUT2D eigenvalue weighted by molar-refractivity contribution is 5.79. The molecule has 7 nitrogen and oxygen atoms in total. The number of hydrogen-bond donors (Lipinski definition) is 0. The number of hydrogen-bond acceptors (Lipinski definition) is 6. The average molecular weight is 455 g/mol. The summed E-state index contributed by atoms with van der Waals surface area (Å²) in [7, 11) is 4.86. The topological polar surface area (TPSA) is 60.5 Å². The molecule has 33 heavy (non-hydrogen) atoms. The number of carbonyl (C=O) groups is 1. The summed E-state index contributed by atoms with van der Waals surface area (Å²) in [6, 6.07) is 13.6. The summed E-state index contributed by atoms with van der Waals surface area (Å²) in [6.45, 7) is 7.98. The summed E-state index contributed by atoms with van der Waals surface area (Å²) in [5, 5.41) is 0. The van der Waals surface area contributed by atoms with Crippen LogP contribution in [0.25, 0.3) is 0 Å². The van der Waals surface area contributed by atoms with Crippen molar-refractivity contribution < 1.29 is 23.7 Å². The van der Waals surface area contributed by atoms with Crippen LogP contribution in [0.5, 0.6) is 17.2 Å². The number of methoxy groups -OCH3 is 3. The van der Waals surface area contributed by atoms with Crippen LogP contribution in [0.1, 0.15) is 17.2 Å². The number of amides is 1. The van der Waals surface area contributed by atoms with Crippen LogP contribution in [0, 0.1) is 0 Å². The van der Waals surface area contributed by atoms with Crippen molar-refractivity contribution >= 4 is 5.91 Å². The number of carbonyl (C=O) groups excluding carboxylic acids is 1. The van der Waals surface area contributed by atoms with Crippen LogP contribution in [-0.4, -0.2) is 76.4 Å². The van der Waals surface area contributed by atoms with Crippen molar-refractivity contribution in [1.29, 1.82) is 0 Å². The molecule has 1 aliphatic rings. The number of rotatable bonds is 11. The summed E-state index contributed by atoms with van der Waals surface area (Å²) in [5.74, 6) is 2.22. The smallest absolute Gasteiger partial charge is 0.227 e. The zero-order valence-electron chi connectivity index (χ0n) is 19.8. The second kappa shape index (κ2) is 12.3. The molecule has 2 aromatic carbocycles. The van der Waals surface area contributed by atoms with Gasteiger partial charge in [-0.25, -0.2) is 0 Å². The molecule has 3 rings (SSSR count). The Morgan fingerprint density at radius 3 is 2.42 bits per heavy atom. The Balaban J connectivity index is 1.56. The molecular formula is C26H34N2O5.